The quantitative estimate of drug-likeness (QED) is 0.445. The van der Waals surface area contributed by atoms with Crippen LogP contribution in [-0.4, -0.2) is 18.9 Å². The minimum atomic E-state index is -0.785. The molecule has 0 N–H and O–H groups in total. The van der Waals surface area contributed by atoms with E-state index in [1.54, 1.807) is 20.8 Å². The van der Waals surface area contributed by atoms with E-state index in [4.69, 9.17) is 9.47 Å². The Labute approximate surface area is 61.3 Å². The zero-order valence-corrected chi connectivity index (χ0v) is 6.93. The third-order valence-corrected chi connectivity index (χ3v) is 1.14. The van der Waals surface area contributed by atoms with E-state index in [1.165, 1.54) is 7.11 Å². The van der Waals surface area contributed by atoms with Gasteiger partial charge >= 0.3 is 5.97 Å². The molecule has 0 heterocycles. The van der Waals surface area contributed by atoms with Crippen LogP contribution in [0, 0.1) is 0 Å². The minimum absolute atomic E-state index is 0.244. The van der Waals surface area contributed by atoms with E-state index >= 15 is 0 Å². The summed E-state index contributed by atoms with van der Waals surface area (Å²) >= 11 is 0. The van der Waals surface area contributed by atoms with E-state index in [1.807, 2.05) is 0 Å². The highest BCUT2D eigenvalue weighted by Gasteiger charge is 2.19. The van der Waals surface area contributed by atoms with Crippen molar-refractivity contribution in [2.45, 2.75) is 33.0 Å². The summed E-state index contributed by atoms with van der Waals surface area (Å²) in [7, 11) is 1.50. The Morgan fingerprint density at radius 2 is 2.00 bits per heavy atom. The Kier molecular flexibility index (Phi) is 3.36. The van der Waals surface area contributed by atoms with Gasteiger partial charge in [0, 0.05) is 27.4 Å². The SMILES string of the molecule is CCC(=O)OC(C)(C)OC. The molecule has 0 aromatic carbocycles. The van der Waals surface area contributed by atoms with E-state index in [0.29, 0.717) is 6.42 Å². The third-order valence-electron chi connectivity index (χ3n) is 1.14. The fourth-order valence-corrected chi connectivity index (χ4v) is 0.388. The molecule has 0 aliphatic rings. The van der Waals surface area contributed by atoms with Gasteiger partial charge in [-0.2, -0.15) is 0 Å². The van der Waals surface area contributed by atoms with Crippen molar-refractivity contribution in [2.75, 3.05) is 7.11 Å². The van der Waals surface area contributed by atoms with Gasteiger partial charge in [0.15, 0.2) is 0 Å². The summed E-state index contributed by atoms with van der Waals surface area (Å²) in [4.78, 5) is 10.7. The van der Waals surface area contributed by atoms with Gasteiger partial charge in [-0.25, -0.2) is 0 Å². The van der Waals surface area contributed by atoms with Crippen molar-refractivity contribution in [1.29, 1.82) is 0 Å². The van der Waals surface area contributed by atoms with Crippen LogP contribution in [0.1, 0.15) is 27.2 Å². The highest BCUT2D eigenvalue weighted by atomic mass is 16.7. The molecule has 0 amide bonds. The van der Waals surface area contributed by atoms with Crippen molar-refractivity contribution in [3.05, 3.63) is 0 Å². The molecule has 0 saturated heterocycles. The second-order valence-corrected chi connectivity index (χ2v) is 2.43. The molecule has 0 bridgehead atoms. The Hall–Kier alpha value is -0.570. The maximum atomic E-state index is 10.7. The van der Waals surface area contributed by atoms with Gasteiger partial charge in [0.05, 0.1) is 0 Å². The average molecular weight is 146 g/mol. The van der Waals surface area contributed by atoms with Gasteiger partial charge in [-0.05, 0) is 0 Å². The molecule has 0 aromatic rings. The van der Waals surface area contributed by atoms with Crippen LogP contribution in [0.3, 0.4) is 0 Å². The molecule has 60 valence electrons. The molecule has 0 saturated carbocycles. The van der Waals surface area contributed by atoms with Crippen LogP contribution >= 0.6 is 0 Å². The van der Waals surface area contributed by atoms with Crippen LogP contribution in [0.4, 0.5) is 0 Å². The van der Waals surface area contributed by atoms with Gasteiger partial charge in [-0.1, -0.05) is 6.92 Å². The third kappa shape index (κ3) is 3.45. The van der Waals surface area contributed by atoms with Crippen LogP contribution in [0.15, 0.2) is 0 Å². The molecule has 0 fully saturated rings. The van der Waals surface area contributed by atoms with E-state index in [-0.39, 0.29) is 5.97 Å². The van der Waals surface area contributed by atoms with Crippen molar-refractivity contribution in [3.8, 4) is 0 Å². The summed E-state index contributed by atoms with van der Waals surface area (Å²) in [6, 6.07) is 0. The first-order chi connectivity index (χ1) is 4.52. The van der Waals surface area contributed by atoms with Gasteiger partial charge < -0.3 is 9.47 Å². The van der Waals surface area contributed by atoms with Crippen LogP contribution in [-0.2, 0) is 14.3 Å². The van der Waals surface area contributed by atoms with Crippen molar-refractivity contribution >= 4 is 5.97 Å². The fraction of sp³-hybridized carbons (Fsp3) is 0.857. The molecule has 0 radical (unpaired) electrons. The first kappa shape index (κ1) is 9.43. The molecule has 10 heavy (non-hydrogen) atoms. The first-order valence-electron chi connectivity index (χ1n) is 3.29. The maximum absolute atomic E-state index is 10.7. The van der Waals surface area contributed by atoms with Gasteiger partial charge in [0.2, 0.25) is 5.79 Å². The smallest absolute Gasteiger partial charge is 0.307 e. The van der Waals surface area contributed by atoms with Crippen LogP contribution in [0.25, 0.3) is 0 Å². The highest BCUT2D eigenvalue weighted by molar-refractivity contribution is 5.69. The zero-order chi connectivity index (χ0) is 8.20. The van der Waals surface area contributed by atoms with Gasteiger partial charge in [-0.15, -0.1) is 0 Å². The Morgan fingerprint density at radius 3 is 2.30 bits per heavy atom. The molecule has 0 rings (SSSR count). The zero-order valence-electron chi connectivity index (χ0n) is 6.93. The number of carbonyl (C=O) groups excluding carboxylic acids is 1. The Balaban J connectivity index is 3.76. The van der Waals surface area contributed by atoms with Crippen LogP contribution in [0.5, 0.6) is 0 Å². The highest BCUT2D eigenvalue weighted by Crippen LogP contribution is 2.09. The molecular formula is C7H14O3. The van der Waals surface area contributed by atoms with Gasteiger partial charge in [0.1, 0.15) is 0 Å². The van der Waals surface area contributed by atoms with E-state index in [9.17, 15) is 4.79 Å². The van der Waals surface area contributed by atoms with Crippen LogP contribution < -0.4 is 0 Å². The lowest BCUT2D eigenvalue weighted by Gasteiger charge is -2.22. The molecule has 0 unspecified atom stereocenters. The lowest BCUT2D eigenvalue weighted by Crippen LogP contribution is -2.29. The van der Waals surface area contributed by atoms with Crippen molar-refractivity contribution in [3.63, 3.8) is 0 Å². The number of esters is 1. The van der Waals surface area contributed by atoms with Gasteiger partial charge in [0.25, 0.3) is 0 Å². The standard InChI is InChI=1S/C7H14O3/c1-5-6(8)10-7(2,3)9-4/h5H2,1-4H3. The van der Waals surface area contributed by atoms with Crippen LogP contribution in [0.2, 0.25) is 0 Å². The van der Waals surface area contributed by atoms with E-state index < -0.39 is 5.79 Å². The number of ether oxygens (including phenoxy) is 2. The van der Waals surface area contributed by atoms with Gasteiger partial charge in [-0.3, -0.25) is 4.79 Å². The van der Waals surface area contributed by atoms with Crippen molar-refractivity contribution < 1.29 is 14.3 Å². The lowest BCUT2D eigenvalue weighted by atomic mass is 10.4. The summed E-state index contributed by atoms with van der Waals surface area (Å²) in [6.07, 6.45) is 0.382. The number of hydrogen-bond acceptors (Lipinski definition) is 3. The fourth-order valence-electron chi connectivity index (χ4n) is 0.388. The van der Waals surface area contributed by atoms with Crippen molar-refractivity contribution in [2.24, 2.45) is 0 Å². The summed E-state index contributed by atoms with van der Waals surface area (Å²) in [6.45, 7) is 5.13. The topological polar surface area (TPSA) is 35.5 Å². The summed E-state index contributed by atoms with van der Waals surface area (Å²) < 4.78 is 9.74. The molecule has 3 nitrogen and oxygen atoms in total. The minimum Gasteiger partial charge on any atom is -0.434 e. The molecule has 0 aromatic heterocycles. The second kappa shape index (κ2) is 3.56. The predicted molar refractivity (Wildman–Crippen MR) is 37.5 cm³/mol. The molecule has 0 spiro atoms. The monoisotopic (exact) mass is 146 g/mol. The summed E-state index contributed by atoms with van der Waals surface area (Å²) in [5.41, 5.74) is 0. The molecule has 3 heteroatoms. The summed E-state index contributed by atoms with van der Waals surface area (Å²) in [5.74, 6) is -1.03. The predicted octanol–water partition coefficient (Wildman–Crippen LogP) is 1.32. The summed E-state index contributed by atoms with van der Waals surface area (Å²) in [5, 5.41) is 0. The van der Waals surface area contributed by atoms with Crippen molar-refractivity contribution in [1.82, 2.24) is 0 Å². The number of hydrogen-bond donors (Lipinski definition) is 0. The number of methoxy groups -OCH3 is 1. The Morgan fingerprint density at radius 1 is 1.50 bits per heavy atom. The first-order valence-corrected chi connectivity index (χ1v) is 3.29. The lowest BCUT2D eigenvalue weighted by molar-refractivity contribution is -0.205. The Bertz CT molecular complexity index is 118. The number of carbonyl (C=O) groups is 1. The van der Waals surface area contributed by atoms with E-state index in [0.717, 1.165) is 0 Å². The maximum Gasteiger partial charge on any atom is 0.307 e. The second-order valence-electron chi connectivity index (χ2n) is 2.43. The average Bonchev–Trinajstić information content (AvgIpc) is 1.87. The molecular weight excluding hydrogens is 132 g/mol. The number of rotatable bonds is 3. The molecule has 0 atom stereocenters. The largest absolute Gasteiger partial charge is 0.434 e. The normalized spacial score (nSPS) is 11.2. The molecule has 0 aliphatic carbocycles. The molecule has 0 aliphatic heterocycles. The van der Waals surface area contributed by atoms with E-state index in [2.05, 4.69) is 0 Å².